The molecule has 2 atom stereocenters. The number of hydrogen-bond donors (Lipinski definition) is 0. The number of likely N-dealkylation sites (tertiary alicyclic amines) is 1. The zero-order chi connectivity index (χ0) is 9.47. The van der Waals surface area contributed by atoms with E-state index in [-0.39, 0.29) is 0 Å². The molecule has 0 aromatic rings. The van der Waals surface area contributed by atoms with Gasteiger partial charge in [-0.15, -0.1) is 0 Å². The first kappa shape index (κ1) is 9.47. The van der Waals surface area contributed by atoms with Gasteiger partial charge in [0.25, 0.3) is 0 Å². The minimum Gasteiger partial charge on any atom is -0.384 e. The Morgan fingerprint density at radius 1 is 1.54 bits per heavy atom. The Morgan fingerprint density at radius 3 is 2.85 bits per heavy atom. The second kappa shape index (κ2) is 3.25. The highest BCUT2D eigenvalue weighted by atomic mass is 16.5. The van der Waals surface area contributed by atoms with Gasteiger partial charge in [-0.1, -0.05) is 0 Å². The molecule has 0 radical (unpaired) electrons. The highest BCUT2D eigenvalue weighted by molar-refractivity contribution is 5.06. The second-order valence-electron chi connectivity index (χ2n) is 5.04. The van der Waals surface area contributed by atoms with E-state index in [4.69, 9.17) is 4.74 Å². The largest absolute Gasteiger partial charge is 0.384 e. The first-order chi connectivity index (χ1) is 6.18. The van der Waals surface area contributed by atoms with Gasteiger partial charge >= 0.3 is 0 Å². The van der Waals surface area contributed by atoms with E-state index in [9.17, 15) is 0 Å². The zero-order valence-electron chi connectivity index (χ0n) is 9.05. The van der Waals surface area contributed by atoms with E-state index >= 15 is 0 Å². The predicted octanol–water partition coefficient (Wildman–Crippen LogP) is 1.75. The summed E-state index contributed by atoms with van der Waals surface area (Å²) in [6.07, 6.45) is 2.76. The van der Waals surface area contributed by atoms with Crippen molar-refractivity contribution >= 4 is 0 Å². The van der Waals surface area contributed by atoms with Crippen molar-refractivity contribution in [1.29, 1.82) is 0 Å². The average molecular weight is 183 g/mol. The van der Waals surface area contributed by atoms with Gasteiger partial charge in [-0.05, 0) is 44.6 Å². The molecule has 2 unspecified atom stereocenters. The molecule has 1 aliphatic heterocycles. The Bertz CT molecular complexity index is 193. The fourth-order valence-electron chi connectivity index (χ4n) is 2.74. The van der Waals surface area contributed by atoms with E-state index in [2.05, 4.69) is 18.7 Å². The SMILES string of the molecule is COCC12CCN(C(C)C)CC1C2. The lowest BCUT2D eigenvalue weighted by Crippen LogP contribution is -2.40. The number of hydrogen-bond acceptors (Lipinski definition) is 2. The van der Waals surface area contributed by atoms with Crippen LogP contribution in [0.15, 0.2) is 0 Å². The molecule has 2 nitrogen and oxygen atoms in total. The van der Waals surface area contributed by atoms with E-state index in [0.717, 1.165) is 18.6 Å². The molecule has 1 heterocycles. The molecule has 1 saturated carbocycles. The summed E-state index contributed by atoms with van der Waals surface area (Å²) < 4.78 is 5.30. The standard InChI is InChI=1S/C11H21NO/c1-9(2)12-5-4-11(8-13-3)6-10(11)7-12/h9-10H,4-8H2,1-3H3. The maximum Gasteiger partial charge on any atom is 0.0522 e. The molecule has 2 aliphatic rings. The predicted molar refractivity (Wildman–Crippen MR) is 53.7 cm³/mol. The lowest BCUT2D eigenvalue weighted by Gasteiger charge is -2.33. The summed E-state index contributed by atoms with van der Waals surface area (Å²) in [5.41, 5.74) is 0.597. The normalized spacial score (nSPS) is 39.2. The third-order valence-electron chi connectivity index (χ3n) is 3.87. The van der Waals surface area contributed by atoms with Crippen molar-refractivity contribution in [2.75, 3.05) is 26.8 Å². The molecule has 0 bridgehead atoms. The van der Waals surface area contributed by atoms with Crippen LogP contribution in [0.4, 0.5) is 0 Å². The third-order valence-corrected chi connectivity index (χ3v) is 3.87. The van der Waals surface area contributed by atoms with Crippen LogP contribution in [-0.4, -0.2) is 37.7 Å². The van der Waals surface area contributed by atoms with E-state index in [1.165, 1.54) is 25.9 Å². The minimum atomic E-state index is 0.597. The fraction of sp³-hybridized carbons (Fsp3) is 1.00. The van der Waals surface area contributed by atoms with Crippen LogP contribution >= 0.6 is 0 Å². The van der Waals surface area contributed by atoms with Gasteiger partial charge in [0.15, 0.2) is 0 Å². The fourth-order valence-corrected chi connectivity index (χ4v) is 2.74. The number of piperidine rings is 1. The summed E-state index contributed by atoms with van der Waals surface area (Å²) in [6, 6.07) is 0.723. The van der Waals surface area contributed by atoms with E-state index < -0.39 is 0 Å². The van der Waals surface area contributed by atoms with Crippen LogP contribution in [-0.2, 0) is 4.74 Å². The van der Waals surface area contributed by atoms with Crippen molar-refractivity contribution in [2.24, 2.45) is 11.3 Å². The highest BCUT2D eigenvalue weighted by Crippen LogP contribution is 2.58. The van der Waals surface area contributed by atoms with Gasteiger partial charge in [0.1, 0.15) is 0 Å². The Hall–Kier alpha value is -0.0800. The lowest BCUT2D eigenvalue weighted by molar-refractivity contribution is 0.0771. The van der Waals surface area contributed by atoms with Crippen LogP contribution in [0.2, 0.25) is 0 Å². The topological polar surface area (TPSA) is 12.5 Å². The Balaban J connectivity index is 1.88. The molecule has 0 spiro atoms. The number of fused-ring (bicyclic) bond motifs is 1. The van der Waals surface area contributed by atoms with Gasteiger partial charge in [-0.3, -0.25) is 0 Å². The summed E-state index contributed by atoms with van der Waals surface area (Å²) in [6.45, 7) is 8.17. The molecule has 0 amide bonds. The van der Waals surface area contributed by atoms with Crippen molar-refractivity contribution in [3.05, 3.63) is 0 Å². The van der Waals surface area contributed by atoms with Crippen LogP contribution in [0.1, 0.15) is 26.7 Å². The zero-order valence-corrected chi connectivity index (χ0v) is 9.05. The first-order valence-corrected chi connectivity index (χ1v) is 5.41. The van der Waals surface area contributed by atoms with Crippen LogP contribution in [0.25, 0.3) is 0 Å². The molecular formula is C11H21NO. The summed E-state index contributed by atoms with van der Waals surface area (Å²) in [5, 5.41) is 0. The van der Waals surface area contributed by atoms with Gasteiger partial charge in [0.2, 0.25) is 0 Å². The molecule has 1 saturated heterocycles. The molecule has 2 fully saturated rings. The van der Waals surface area contributed by atoms with Crippen LogP contribution < -0.4 is 0 Å². The van der Waals surface area contributed by atoms with E-state index in [0.29, 0.717) is 5.41 Å². The molecule has 76 valence electrons. The van der Waals surface area contributed by atoms with Gasteiger partial charge < -0.3 is 9.64 Å². The maximum atomic E-state index is 5.30. The monoisotopic (exact) mass is 183 g/mol. The number of methoxy groups -OCH3 is 1. The molecule has 1 aliphatic carbocycles. The maximum absolute atomic E-state index is 5.30. The van der Waals surface area contributed by atoms with Gasteiger partial charge in [-0.25, -0.2) is 0 Å². The van der Waals surface area contributed by atoms with Crippen molar-refractivity contribution in [1.82, 2.24) is 4.90 Å². The van der Waals surface area contributed by atoms with Crippen molar-refractivity contribution in [3.8, 4) is 0 Å². The Labute approximate surface area is 81.3 Å². The number of ether oxygens (including phenoxy) is 1. The van der Waals surface area contributed by atoms with Crippen LogP contribution in [0.3, 0.4) is 0 Å². The van der Waals surface area contributed by atoms with Crippen LogP contribution in [0.5, 0.6) is 0 Å². The van der Waals surface area contributed by atoms with Crippen molar-refractivity contribution in [3.63, 3.8) is 0 Å². The average Bonchev–Trinajstić information content (AvgIpc) is 2.77. The Morgan fingerprint density at radius 2 is 2.31 bits per heavy atom. The van der Waals surface area contributed by atoms with E-state index in [1.54, 1.807) is 0 Å². The highest BCUT2D eigenvalue weighted by Gasteiger charge is 2.56. The molecule has 2 rings (SSSR count). The molecular weight excluding hydrogens is 162 g/mol. The van der Waals surface area contributed by atoms with Crippen LogP contribution in [0, 0.1) is 11.3 Å². The Kier molecular flexibility index (Phi) is 2.37. The van der Waals surface area contributed by atoms with Gasteiger partial charge in [0, 0.05) is 19.7 Å². The quantitative estimate of drug-likeness (QED) is 0.661. The smallest absolute Gasteiger partial charge is 0.0522 e. The van der Waals surface area contributed by atoms with Crippen molar-refractivity contribution in [2.45, 2.75) is 32.7 Å². The molecule has 0 aromatic heterocycles. The first-order valence-electron chi connectivity index (χ1n) is 5.41. The molecule has 0 aromatic carbocycles. The summed E-state index contributed by atoms with van der Waals surface area (Å²) in [4.78, 5) is 2.60. The number of rotatable bonds is 3. The third kappa shape index (κ3) is 1.62. The summed E-state index contributed by atoms with van der Waals surface area (Å²) in [5.74, 6) is 0.934. The summed E-state index contributed by atoms with van der Waals surface area (Å²) >= 11 is 0. The van der Waals surface area contributed by atoms with Crippen molar-refractivity contribution < 1.29 is 4.74 Å². The molecule has 0 N–H and O–H groups in total. The minimum absolute atomic E-state index is 0.597. The molecule has 13 heavy (non-hydrogen) atoms. The second-order valence-corrected chi connectivity index (χ2v) is 5.04. The van der Waals surface area contributed by atoms with E-state index in [1.807, 2.05) is 7.11 Å². The van der Waals surface area contributed by atoms with Gasteiger partial charge in [-0.2, -0.15) is 0 Å². The van der Waals surface area contributed by atoms with Gasteiger partial charge in [0.05, 0.1) is 6.61 Å². The summed E-state index contributed by atoms with van der Waals surface area (Å²) in [7, 11) is 1.83. The molecule has 2 heteroatoms. The number of nitrogens with zero attached hydrogens (tertiary/aromatic N) is 1. The lowest BCUT2D eigenvalue weighted by atomic mass is 9.95.